The molecule has 16 heavy (non-hydrogen) atoms. The molecule has 2 N–H and O–H groups in total. The molecule has 0 saturated heterocycles. The molecule has 1 aliphatic carbocycles. The standard InChI is InChI=1S/C10H11F2N3O/c11-5-6-3-7(4-8(6)12)15-2-1-9(13)14-10(15)16/h1-2,4,6-7H,3,5H2,(H2,13,14,16)/t6?,7-/m0/s1. The minimum absolute atomic E-state index is 0.116. The summed E-state index contributed by atoms with van der Waals surface area (Å²) in [5, 5.41) is 0. The molecule has 6 heteroatoms. The van der Waals surface area contributed by atoms with Crippen molar-refractivity contribution in [2.45, 2.75) is 12.5 Å². The number of halogens is 2. The molecular formula is C10H11F2N3O. The van der Waals surface area contributed by atoms with Gasteiger partial charge in [0, 0.05) is 12.1 Å². The number of rotatable bonds is 2. The normalized spacial score (nSPS) is 24.5. The lowest BCUT2D eigenvalue weighted by Crippen LogP contribution is -2.26. The van der Waals surface area contributed by atoms with Crippen molar-refractivity contribution >= 4 is 5.82 Å². The van der Waals surface area contributed by atoms with E-state index in [2.05, 4.69) is 4.98 Å². The molecule has 0 radical (unpaired) electrons. The van der Waals surface area contributed by atoms with Gasteiger partial charge >= 0.3 is 5.69 Å². The highest BCUT2D eigenvalue weighted by molar-refractivity contribution is 5.24. The average Bonchev–Trinajstić information content (AvgIpc) is 2.59. The highest BCUT2D eigenvalue weighted by Crippen LogP contribution is 2.33. The van der Waals surface area contributed by atoms with E-state index in [-0.39, 0.29) is 12.2 Å². The zero-order valence-electron chi connectivity index (χ0n) is 8.44. The Morgan fingerprint density at radius 1 is 1.62 bits per heavy atom. The molecule has 0 aromatic carbocycles. The SMILES string of the molecule is Nc1ccn([C@@H]2C=C(F)C(CF)C2)c(=O)n1. The maximum absolute atomic E-state index is 13.2. The second-order valence-corrected chi connectivity index (χ2v) is 3.75. The first-order valence-corrected chi connectivity index (χ1v) is 4.89. The molecule has 4 nitrogen and oxygen atoms in total. The Morgan fingerprint density at radius 2 is 2.38 bits per heavy atom. The van der Waals surface area contributed by atoms with E-state index in [4.69, 9.17) is 5.73 Å². The Hall–Kier alpha value is -1.72. The molecule has 0 spiro atoms. The summed E-state index contributed by atoms with van der Waals surface area (Å²) in [5.74, 6) is -1.13. The lowest BCUT2D eigenvalue weighted by Gasteiger charge is -2.12. The van der Waals surface area contributed by atoms with Crippen LogP contribution in [0.25, 0.3) is 0 Å². The van der Waals surface area contributed by atoms with Crippen molar-refractivity contribution in [2.75, 3.05) is 12.4 Å². The number of allylic oxidation sites excluding steroid dienone is 2. The number of anilines is 1. The molecule has 0 saturated carbocycles. The molecular weight excluding hydrogens is 216 g/mol. The Bertz CT molecular complexity index is 483. The molecule has 2 atom stereocenters. The smallest absolute Gasteiger partial charge is 0.350 e. The van der Waals surface area contributed by atoms with Crippen molar-refractivity contribution in [1.29, 1.82) is 0 Å². The van der Waals surface area contributed by atoms with E-state index < -0.39 is 30.2 Å². The number of hydrogen-bond acceptors (Lipinski definition) is 3. The van der Waals surface area contributed by atoms with Crippen molar-refractivity contribution in [1.82, 2.24) is 9.55 Å². The Labute approximate surface area is 90.4 Å². The number of nitrogens with zero attached hydrogens (tertiary/aromatic N) is 2. The molecule has 1 heterocycles. The molecule has 1 aliphatic rings. The molecule has 1 aromatic heterocycles. The minimum atomic E-state index is -0.754. The van der Waals surface area contributed by atoms with Crippen LogP contribution in [0.4, 0.5) is 14.6 Å². The second-order valence-electron chi connectivity index (χ2n) is 3.75. The van der Waals surface area contributed by atoms with Gasteiger partial charge in [-0.2, -0.15) is 4.98 Å². The highest BCUT2D eigenvalue weighted by atomic mass is 19.1. The van der Waals surface area contributed by atoms with Gasteiger partial charge in [-0.25, -0.2) is 9.18 Å². The summed E-state index contributed by atoms with van der Waals surface area (Å²) in [6, 6.07) is 0.983. The molecule has 0 fully saturated rings. The summed E-state index contributed by atoms with van der Waals surface area (Å²) in [6.45, 7) is -0.754. The number of alkyl halides is 1. The van der Waals surface area contributed by atoms with E-state index in [1.165, 1.54) is 22.9 Å². The lowest BCUT2D eigenvalue weighted by atomic mass is 10.1. The van der Waals surface area contributed by atoms with Gasteiger partial charge in [0.2, 0.25) is 0 Å². The van der Waals surface area contributed by atoms with Crippen LogP contribution in [-0.2, 0) is 0 Å². The molecule has 2 rings (SSSR count). The Balaban J connectivity index is 2.31. The van der Waals surface area contributed by atoms with Gasteiger partial charge in [0.15, 0.2) is 0 Å². The predicted octanol–water partition coefficient (Wildman–Crippen LogP) is 1.21. The average molecular weight is 227 g/mol. The monoisotopic (exact) mass is 227 g/mol. The van der Waals surface area contributed by atoms with Crippen molar-refractivity contribution in [3.63, 3.8) is 0 Å². The van der Waals surface area contributed by atoms with Gasteiger partial charge in [0.25, 0.3) is 0 Å². The largest absolute Gasteiger partial charge is 0.383 e. The van der Waals surface area contributed by atoms with Crippen LogP contribution in [0.15, 0.2) is 29.0 Å². The number of hydrogen-bond donors (Lipinski definition) is 1. The zero-order chi connectivity index (χ0) is 11.7. The van der Waals surface area contributed by atoms with Crippen LogP contribution >= 0.6 is 0 Å². The quantitative estimate of drug-likeness (QED) is 0.826. The van der Waals surface area contributed by atoms with Crippen LogP contribution in [-0.4, -0.2) is 16.2 Å². The molecule has 0 bridgehead atoms. The van der Waals surface area contributed by atoms with E-state index in [0.717, 1.165) is 0 Å². The van der Waals surface area contributed by atoms with E-state index in [1.807, 2.05) is 0 Å². The maximum Gasteiger partial charge on any atom is 0.350 e. The molecule has 1 unspecified atom stereocenters. The highest BCUT2D eigenvalue weighted by Gasteiger charge is 2.28. The van der Waals surface area contributed by atoms with Crippen LogP contribution in [0.3, 0.4) is 0 Å². The van der Waals surface area contributed by atoms with E-state index >= 15 is 0 Å². The van der Waals surface area contributed by atoms with Crippen LogP contribution in [0.2, 0.25) is 0 Å². The topological polar surface area (TPSA) is 60.9 Å². The van der Waals surface area contributed by atoms with Gasteiger partial charge < -0.3 is 5.73 Å². The van der Waals surface area contributed by atoms with Crippen molar-refractivity contribution in [2.24, 2.45) is 5.92 Å². The van der Waals surface area contributed by atoms with Gasteiger partial charge in [0.05, 0.1) is 12.7 Å². The first-order chi connectivity index (χ1) is 7.61. The summed E-state index contributed by atoms with van der Waals surface area (Å²) in [7, 11) is 0. The fourth-order valence-corrected chi connectivity index (χ4v) is 1.80. The van der Waals surface area contributed by atoms with Gasteiger partial charge in [-0.1, -0.05) is 0 Å². The van der Waals surface area contributed by atoms with Gasteiger partial charge in [0.1, 0.15) is 11.6 Å². The minimum Gasteiger partial charge on any atom is -0.383 e. The first-order valence-electron chi connectivity index (χ1n) is 4.89. The summed E-state index contributed by atoms with van der Waals surface area (Å²) in [6.07, 6.45) is 2.94. The first kappa shape index (κ1) is 10.8. The van der Waals surface area contributed by atoms with E-state index in [1.54, 1.807) is 0 Å². The second kappa shape index (κ2) is 4.03. The van der Waals surface area contributed by atoms with Crippen molar-refractivity contribution in [3.8, 4) is 0 Å². The van der Waals surface area contributed by atoms with E-state index in [9.17, 15) is 13.6 Å². The zero-order valence-corrected chi connectivity index (χ0v) is 8.44. The number of nitrogens with two attached hydrogens (primary N) is 1. The fraction of sp³-hybridized carbons (Fsp3) is 0.400. The fourth-order valence-electron chi connectivity index (χ4n) is 1.80. The number of aromatic nitrogens is 2. The Morgan fingerprint density at radius 3 is 2.94 bits per heavy atom. The summed E-state index contributed by atoms with van der Waals surface area (Å²) in [4.78, 5) is 15.0. The van der Waals surface area contributed by atoms with Crippen LogP contribution in [0.1, 0.15) is 12.5 Å². The molecule has 0 amide bonds. The summed E-state index contributed by atoms with van der Waals surface area (Å²) < 4.78 is 26.8. The summed E-state index contributed by atoms with van der Waals surface area (Å²) >= 11 is 0. The van der Waals surface area contributed by atoms with Gasteiger partial charge in [-0.15, -0.1) is 0 Å². The maximum atomic E-state index is 13.2. The van der Waals surface area contributed by atoms with E-state index in [0.29, 0.717) is 0 Å². The van der Waals surface area contributed by atoms with Gasteiger partial charge in [-0.05, 0) is 18.6 Å². The molecule has 1 aromatic rings. The van der Waals surface area contributed by atoms with Crippen LogP contribution < -0.4 is 11.4 Å². The van der Waals surface area contributed by atoms with Crippen LogP contribution in [0.5, 0.6) is 0 Å². The number of nitrogen functional groups attached to an aromatic ring is 1. The van der Waals surface area contributed by atoms with Gasteiger partial charge in [-0.3, -0.25) is 8.96 Å². The predicted molar refractivity (Wildman–Crippen MR) is 55.2 cm³/mol. The third-order valence-corrected chi connectivity index (χ3v) is 2.66. The third-order valence-electron chi connectivity index (χ3n) is 2.66. The third kappa shape index (κ3) is 1.82. The summed E-state index contributed by atoms with van der Waals surface area (Å²) in [5.41, 5.74) is 4.79. The van der Waals surface area contributed by atoms with Crippen molar-refractivity contribution in [3.05, 3.63) is 34.7 Å². The Kier molecular flexibility index (Phi) is 2.72. The van der Waals surface area contributed by atoms with Crippen molar-refractivity contribution < 1.29 is 8.78 Å². The van der Waals surface area contributed by atoms with Crippen LogP contribution in [0, 0.1) is 5.92 Å². The molecule has 0 aliphatic heterocycles. The lowest BCUT2D eigenvalue weighted by molar-refractivity contribution is 0.337. The molecule has 86 valence electrons.